The molecule has 0 saturated carbocycles. The average Bonchev–Trinajstić information content (AvgIpc) is 2.79. The molecule has 0 aromatic heterocycles. The number of ether oxygens (including phenoxy) is 3. The molecule has 32 heavy (non-hydrogen) atoms. The van der Waals surface area contributed by atoms with Crippen LogP contribution in [0.2, 0.25) is 0 Å². The van der Waals surface area contributed by atoms with E-state index in [2.05, 4.69) is 10.6 Å². The fourth-order valence-corrected chi connectivity index (χ4v) is 3.58. The number of hydrogen-bond acceptors (Lipinski definition) is 6. The van der Waals surface area contributed by atoms with E-state index in [1.807, 2.05) is 4.90 Å². The van der Waals surface area contributed by atoms with Crippen LogP contribution < -0.4 is 25.0 Å². The van der Waals surface area contributed by atoms with Crippen LogP contribution in [-0.2, 0) is 15.7 Å². The van der Waals surface area contributed by atoms with Crippen LogP contribution in [0, 0.1) is 0 Å². The molecule has 1 saturated heterocycles. The summed E-state index contributed by atoms with van der Waals surface area (Å²) < 4.78 is 56.2. The maximum Gasteiger partial charge on any atom is 0.416 e. The summed E-state index contributed by atoms with van der Waals surface area (Å²) in [5.41, 5.74) is 0.454. The minimum absolute atomic E-state index is 0.113. The fraction of sp³-hybridized carbons (Fsp3) is 0.409. The molecule has 0 spiro atoms. The first-order valence-corrected chi connectivity index (χ1v) is 10.3. The van der Waals surface area contributed by atoms with Gasteiger partial charge in [-0.2, -0.15) is 13.2 Å². The predicted octanol–water partition coefficient (Wildman–Crippen LogP) is 3.75. The Hall–Kier alpha value is -3.14. The van der Waals surface area contributed by atoms with Gasteiger partial charge in [0.05, 0.1) is 30.2 Å². The summed E-state index contributed by atoms with van der Waals surface area (Å²) >= 11 is 0. The number of fused-ring (bicyclic) bond motifs is 1. The molecule has 0 aliphatic carbocycles. The summed E-state index contributed by atoms with van der Waals surface area (Å²) in [5.74, 6) is 0.730. The monoisotopic (exact) mass is 451 g/mol. The Labute approximate surface area is 183 Å². The zero-order chi connectivity index (χ0) is 22.7. The number of carbonyl (C=O) groups excluding carboxylic acids is 1. The standard InChI is InChI=1S/C22H24F3N3O4/c1-14(26-16-3-5-19-20(13-16)32-11-10-31-19)21(29)27-17-12-15(22(23,24)25)2-4-18(17)28-6-8-30-9-7-28/h2-5,12-14,26H,6-11H2,1H3,(H,27,29)/t14-/m0/s1. The summed E-state index contributed by atoms with van der Waals surface area (Å²) in [5, 5.41) is 5.72. The SMILES string of the molecule is C[C@H](Nc1ccc2c(c1)OCCO2)C(=O)Nc1cc(C(F)(F)F)ccc1N1CCOCC1. The number of rotatable bonds is 5. The maximum atomic E-state index is 13.3. The Balaban J connectivity index is 1.51. The molecule has 2 N–H and O–H groups in total. The molecule has 10 heteroatoms. The van der Waals surface area contributed by atoms with Crippen LogP contribution in [0.5, 0.6) is 11.5 Å². The lowest BCUT2D eigenvalue weighted by molar-refractivity contribution is -0.137. The number of benzene rings is 2. The largest absolute Gasteiger partial charge is 0.486 e. The van der Waals surface area contributed by atoms with Crippen molar-refractivity contribution in [3.63, 3.8) is 0 Å². The van der Waals surface area contributed by atoms with E-state index >= 15 is 0 Å². The molecule has 1 amide bonds. The van der Waals surface area contributed by atoms with Crippen LogP contribution in [0.25, 0.3) is 0 Å². The normalized spacial score (nSPS) is 16.9. The van der Waals surface area contributed by atoms with Crippen molar-refractivity contribution in [2.45, 2.75) is 19.1 Å². The molecule has 172 valence electrons. The number of halogens is 3. The predicted molar refractivity (Wildman–Crippen MR) is 114 cm³/mol. The van der Waals surface area contributed by atoms with E-state index in [9.17, 15) is 18.0 Å². The van der Waals surface area contributed by atoms with Gasteiger partial charge in [0.2, 0.25) is 5.91 Å². The number of alkyl halides is 3. The van der Waals surface area contributed by atoms with E-state index < -0.39 is 23.7 Å². The third-order valence-electron chi connectivity index (χ3n) is 5.25. The molecular weight excluding hydrogens is 427 g/mol. The zero-order valence-electron chi connectivity index (χ0n) is 17.5. The van der Waals surface area contributed by atoms with Gasteiger partial charge in [-0.3, -0.25) is 4.79 Å². The van der Waals surface area contributed by atoms with E-state index in [4.69, 9.17) is 14.2 Å². The van der Waals surface area contributed by atoms with Crippen molar-refractivity contribution in [1.82, 2.24) is 0 Å². The molecule has 2 aromatic rings. The number of nitrogens with one attached hydrogen (secondary N) is 2. The van der Waals surface area contributed by atoms with E-state index in [1.165, 1.54) is 6.07 Å². The van der Waals surface area contributed by atoms with E-state index in [-0.39, 0.29) is 5.69 Å². The summed E-state index contributed by atoms with van der Waals surface area (Å²) in [4.78, 5) is 14.7. The molecule has 2 aliphatic heterocycles. The number of amides is 1. The van der Waals surface area contributed by atoms with Gasteiger partial charge in [0.1, 0.15) is 19.3 Å². The smallest absolute Gasteiger partial charge is 0.416 e. The highest BCUT2D eigenvalue weighted by Gasteiger charge is 2.32. The van der Waals surface area contributed by atoms with Crippen LogP contribution in [0.15, 0.2) is 36.4 Å². The summed E-state index contributed by atoms with van der Waals surface area (Å²) in [7, 11) is 0. The topological polar surface area (TPSA) is 72.1 Å². The van der Waals surface area contributed by atoms with Gasteiger partial charge >= 0.3 is 6.18 Å². The van der Waals surface area contributed by atoms with E-state index in [0.29, 0.717) is 62.4 Å². The molecule has 7 nitrogen and oxygen atoms in total. The Morgan fingerprint density at radius 3 is 2.44 bits per heavy atom. The minimum atomic E-state index is -4.52. The number of carbonyl (C=O) groups is 1. The van der Waals surface area contributed by atoms with Crippen LogP contribution >= 0.6 is 0 Å². The van der Waals surface area contributed by atoms with Gasteiger partial charge in [-0.05, 0) is 37.3 Å². The third-order valence-corrected chi connectivity index (χ3v) is 5.25. The Kier molecular flexibility index (Phi) is 6.31. The second-order valence-corrected chi connectivity index (χ2v) is 7.54. The van der Waals surface area contributed by atoms with Gasteiger partial charge in [-0.15, -0.1) is 0 Å². The maximum absolute atomic E-state index is 13.3. The lowest BCUT2D eigenvalue weighted by Gasteiger charge is -2.31. The molecule has 0 bridgehead atoms. The molecule has 4 rings (SSSR count). The molecule has 2 aromatic carbocycles. The molecule has 0 unspecified atom stereocenters. The fourth-order valence-electron chi connectivity index (χ4n) is 3.58. The lowest BCUT2D eigenvalue weighted by Crippen LogP contribution is -2.37. The third kappa shape index (κ3) is 5.01. The Morgan fingerprint density at radius 1 is 1.00 bits per heavy atom. The van der Waals surface area contributed by atoms with Crippen molar-refractivity contribution in [3.05, 3.63) is 42.0 Å². The first-order chi connectivity index (χ1) is 15.3. The van der Waals surface area contributed by atoms with Crippen molar-refractivity contribution >= 4 is 23.0 Å². The number of nitrogens with zero attached hydrogens (tertiary/aromatic N) is 1. The van der Waals surface area contributed by atoms with Gasteiger partial charge in [-0.25, -0.2) is 0 Å². The van der Waals surface area contributed by atoms with Crippen LogP contribution in [0.3, 0.4) is 0 Å². The Morgan fingerprint density at radius 2 is 1.72 bits per heavy atom. The van der Waals surface area contributed by atoms with Crippen LogP contribution in [-0.4, -0.2) is 51.5 Å². The lowest BCUT2D eigenvalue weighted by atomic mass is 10.1. The van der Waals surface area contributed by atoms with Gasteiger partial charge in [0.15, 0.2) is 11.5 Å². The first kappa shape index (κ1) is 22.1. The van der Waals surface area contributed by atoms with E-state index in [0.717, 1.165) is 12.1 Å². The highest BCUT2D eigenvalue weighted by Crippen LogP contribution is 2.36. The minimum Gasteiger partial charge on any atom is -0.486 e. The van der Waals surface area contributed by atoms with Crippen molar-refractivity contribution in [2.75, 3.05) is 55.1 Å². The number of morpholine rings is 1. The zero-order valence-corrected chi connectivity index (χ0v) is 17.5. The van der Waals surface area contributed by atoms with Crippen molar-refractivity contribution in [2.24, 2.45) is 0 Å². The summed E-state index contributed by atoms with van der Waals surface area (Å²) in [6.45, 7) is 4.53. The van der Waals surface area contributed by atoms with Gasteiger partial charge in [0, 0.05) is 24.8 Å². The highest BCUT2D eigenvalue weighted by atomic mass is 19.4. The average molecular weight is 451 g/mol. The summed E-state index contributed by atoms with van der Waals surface area (Å²) in [6.07, 6.45) is -4.52. The molecule has 1 atom stereocenters. The van der Waals surface area contributed by atoms with Crippen molar-refractivity contribution < 1.29 is 32.2 Å². The molecule has 1 fully saturated rings. The quantitative estimate of drug-likeness (QED) is 0.722. The van der Waals surface area contributed by atoms with Crippen molar-refractivity contribution in [1.29, 1.82) is 0 Å². The number of hydrogen-bond donors (Lipinski definition) is 2. The molecule has 0 radical (unpaired) electrons. The van der Waals surface area contributed by atoms with Gasteiger partial charge < -0.3 is 29.7 Å². The van der Waals surface area contributed by atoms with Crippen molar-refractivity contribution in [3.8, 4) is 11.5 Å². The van der Waals surface area contributed by atoms with Crippen LogP contribution in [0.1, 0.15) is 12.5 Å². The molecule has 2 aliphatic rings. The summed E-state index contributed by atoms with van der Waals surface area (Å²) in [6, 6.07) is 7.89. The molecular formula is C22H24F3N3O4. The molecule has 2 heterocycles. The first-order valence-electron chi connectivity index (χ1n) is 10.3. The Bertz CT molecular complexity index is 977. The van der Waals surface area contributed by atoms with Crippen LogP contribution in [0.4, 0.5) is 30.2 Å². The van der Waals surface area contributed by atoms with Gasteiger partial charge in [-0.1, -0.05) is 0 Å². The second-order valence-electron chi connectivity index (χ2n) is 7.54. The van der Waals surface area contributed by atoms with Gasteiger partial charge in [0.25, 0.3) is 0 Å². The van der Waals surface area contributed by atoms with E-state index in [1.54, 1.807) is 25.1 Å². The highest BCUT2D eigenvalue weighted by molar-refractivity contribution is 5.99. The number of anilines is 3. The second kappa shape index (κ2) is 9.15.